The number of piperazine rings is 1. The maximum Gasteiger partial charge on any atom is 0.261 e. The van der Waals surface area contributed by atoms with Crippen molar-refractivity contribution < 1.29 is 8.42 Å². The van der Waals surface area contributed by atoms with Crippen LogP contribution in [-0.4, -0.2) is 51.4 Å². The van der Waals surface area contributed by atoms with Crippen LogP contribution in [0.15, 0.2) is 47.4 Å². The summed E-state index contributed by atoms with van der Waals surface area (Å²) in [5, 5.41) is 0. The molecule has 0 amide bonds. The molecule has 140 valence electrons. The number of anilines is 1. The summed E-state index contributed by atoms with van der Waals surface area (Å²) in [6, 6.07) is 12.9. The number of sulfonamides is 1. The molecule has 0 aliphatic carbocycles. The third-order valence-electron chi connectivity index (χ3n) is 5.00. The lowest BCUT2D eigenvalue weighted by Crippen LogP contribution is -2.43. The molecule has 0 spiro atoms. The van der Waals surface area contributed by atoms with Gasteiger partial charge in [-0.15, -0.1) is 0 Å². The van der Waals surface area contributed by atoms with Gasteiger partial charge in [0.25, 0.3) is 10.0 Å². The van der Waals surface area contributed by atoms with E-state index in [4.69, 9.17) is 0 Å². The highest BCUT2D eigenvalue weighted by Crippen LogP contribution is 2.20. The van der Waals surface area contributed by atoms with Crippen molar-refractivity contribution in [2.75, 3.05) is 37.9 Å². The second kappa shape index (κ2) is 7.78. The van der Waals surface area contributed by atoms with Crippen LogP contribution in [0, 0.1) is 13.8 Å². The molecular formula is C20H27N3O2S. The van der Waals surface area contributed by atoms with E-state index >= 15 is 0 Å². The van der Waals surface area contributed by atoms with Crippen LogP contribution in [0.2, 0.25) is 0 Å². The van der Waals surface area contributed by atoms with Crippen LogP contribution in [0.1, 0.15) is 16.7 Å². The summed E-state index contributed by atoms with van der Waals surface area (Å²) < 4.78 is 27.8. The van der Waals surface area contributed by atoms with Gasteiger partial charge in [0, 0.05) is 38.4 Å². The minimum atomic E-state index is -3.56. The Morgan fingerprint density at radius 2 is 1.58 bits per heavy atom. The van der Waals surface area contributed by atoms with E-state index in [1.165, 1.54) is 5.56 Å². The number of nitrogens with one attached hydrogen (secondary N) is 1. The lowest BCUT2D eigenvalue weighted by molar-refractivity contribution is 0.148. The smallest absolute Gasteiger partial charge is 0.261 e. The van der Waals surface area contributed by atoms with Gasteiger partial charge in [0.05, 0.1) is 4.90 Å². The summed E-state index contributed by atoms with van der Waals surface area (Å²) in [6.45, 7) is 9.11. The van der Waals surface area contributed by atoms with Crippen molar-refractivity contribution in [3.63, 3.8) is 0 Å². The Bertz CT molecular complexity index is 855. The molecule has 0 unspecified atom stereocenters. The Labute approximate surface area is 156 Å². The molecule has 0 radical (unpaired) electrons. The number of hydrogen-bond acceptors (Lipinski definition) is 4. The number of rotatable bonds is 5. The number of benzene rings is 2. The highest BCUT2D eigenvalue weighted by atomic mass is 32.2. The van der Waals surface area contributed by atoms with Crippen molar-refractivity contribution in [3.8, 4) is 0 Å². The largest absolute Gasteiger partial charge is 0.304 e. The van der Waals surface area contributed by atoms with E-state index in [1.54, 1.807) is 12.1 Å². The zero-order valence-corrected chi connectivity index (χ0v) is 16.5. The van der Waals surface area contributed by atoms with E-state index in [2.05, 4.69) is 21.6 Å². The molecule has 2 aromatic rings. The topological polar surface area (TPSA) is 52.7 Å². The van der Waals surface area contributed by atoms with Gasteiger partial charge in [-0.3, -0.25) is 9.62 Å². The van der Waals surface area contributed by atoms with Gasteiger partial charge in [-0.2, -0.15) is 0 Å². The van der Waals surface area contributed by atoms with Gasteiger partial charge in [0.15, 0.2) is 0 Å². The first-order valence-corrected chi connectivity index (χ1v) is 10.4. The predicted octanol–water partition coefficient (Wildman–Crippen LogP) is 2.85. The summed E-state index contributed by atoms with van der Waals surface area (Å²) in [6.07, 6.45) is 0. The number of nitrogens with zero attached hydrogens (tertiary/aromatic N) is 2. The second-order valence-corrected chi connectivity index (χ2v) is 8.81. The minimum Gasteiger partial charge on any atom is -0.304 e. The van der Waals surface area contributed by atoms with Gasteiger partial charge >= 0.3 is 0 Å². The number of aryl methyl sites for hydroxylation is 2. The fourth-order valence-corrected chi connectivity index (χ4v) is 4.18. The lowest BCUT2D eigenvalue weighted by Gasteiger charge is -2.32. The van der Waals surface area contributed by atoms with E-state index in [0.29, 0.717) is 10.6 Å². The predicted molar refractivity (Wildman–Crippen MR) is 106 cm³/mol. The standard InChI is InChI=1S/C20H27N3O2S/c1-16-4-9-20(14-17(16)2)26(24,25)21-19-7-5-18(6-8-19)15-23-12-10-22(3)11-13-23/h4-9,14,21H,10-13,15H2,1-3H3. The average Bonchev–Trinajstić information content (AvgIpc) is 2.61. The maximum absolute atomic E-state index is 12.6. The molecule has 1 fully saturated rings. The first-order chi connectivity index (χ1) is 12.3. The first-order valence-electron chi connectivity index (χ1n) is 8.93. The molecule has 6 heteroatoms. The van der Waals surface area contributed by atoms with Crippen LogP contribution in [0.3, 0.4) is 0 Å². The Morgan fingerprint density at radius 3 is 2.19 bits per heavy atom. The lowest BCUT2D eigenvalue weighted by atomic mass is 10.1. The summed E-state index contributed by atoms with van der Waals surface area (Å²) in [5.41, 5.74) is 3.83. The average molecular weight is 374 g/mol. The summed E-state index contributed by atoms with van der Waals surface area (Å²) in [4.78, 5) is 5.05. The summed E-state index contributed by atoms with van der Waals surface area (Å²) in [7, 11) is -1.42. The molecule has 0 saturated carbocycles. The number of hydrogen-bond donors (Lipinski definition) is 1. The molecule has 3 rings (SSSR count). The molecule has 1 saturated heterocycles. The summed E-state index contributed by atoms with van der Waals surface area (Å²) >= 11 is 0. The van der Waals surface area contributed by atoms with E-state index in [0.717, 1.165) is 43.9 Å². The molecule has 1 aliphatic rings. The van der Waals surface area contributed by atoms with Crippen molar-refractivity contribution in [3.05, 3.63) is 59.2 Å². The normalized spacial score (nSPS) is 16.6. The van der Waals surface area contributed by atoms with Crippen molar-refractivity contribution in [2.24, 2.45) is 0 Å². The maximum atomic E-state index is 12.6. The van der Waals surface area contributed by atoms with Crippen LogP contribution in [0.5, 0.6) is 0 Å². The van der Waals surface area contributed by atoms with Gasteiger partial charge in [-0.25, -0.2) is 8.42 Å². The second-order valence-electron chi connectivity index (χ2n) is 7.13. The Hall–Kier alpha value is -1.89. The van der Waals surface area contributed by atoms with Gasteiger partial charge < -0.3 is 4.90 Å². The minimum absolute atomic E-state index is 0.294. The van der Waals surface area contributed by atoms with Crippen LogP contribution < -0.4 is 4.72 Å². The van der Waals surface area contributed by atoms with E-state index in [9.17, 15) is 8.42 Å². The van der Waals surface area contributed by atoms with Crippen LogP contribution in [0.25, 0.3) is 0 Å². The zero-order valence-electron chi connectivity index (χ0n) is 15.7. The van der Waals surface area contributed by atoms with Crippen molar-refractivity contribution in [1.82, 2.24) is 9.80 Å². The molecule has 0 bridgehead atoms. The van der Waals surface area contributed by atoms with Gasteiger partial charge in [0.1, 0.15) is 0 Å². The van der Waals surface area contributed by atoms with E-state index in [1.807, 2.05) is 44.2 Å². The fourth-order valence-electron chi connectivity index (χ4n) is 3.04. The van der Waals surface area contributed by atoms with Gasteiger partial charge in [-0.1, -0.05) is 18.2 Å². The third kappa shape index (κ3) is 4.63. The fraction of sp³-hybridized carbons (Fsp3) is 0.400. The van der Waals surface area contributed by atoms with E-state index in [-0.39, 0.29) is 0 Å². The molecule has 5 nitrogen and oxygen atoms in total. The van der Waals surface area contributed by atoms with Gasteiger partial charge in [0.2, 0.25) is 0 Å². The number of likely N-dealkylation sites (N-methyl/N-ethyl adjacent to an activating group) is 1. The molecule has 1 heterocycles. The molecule has 0 atom stereocenters. The van der Waals surface area contributed by atoms with Crippen molar-refractivity contribution >= 4 is 15.7 Å². The molecule has 1 aliphatic heterocycles. The molecule has 26 heavy (non-hydrogen) atoms. The van der Waals surface area contributed by atoms with Crippen LogP contribution in [0.4, 0.5) is 5.69 Å². The SMILES string of the molecule is Cc1ccc(S(=O)(=O)Nc2ccc(CN3CCN(C)CC3)cc2)cc1C. The van der Waals surface area contributed by atoms with E-state index < -0.39 is 10.0 Å². The highest BCUT2D eigenvalue weighted by molar-refractivity contribution is 7.92. The van der Waals surface area contributed by atoms with Crippen molar-refractivity contribution in [1.29, 1.82) is 0 Å². The zero-order chi connectivity index (χ0) is 18.7. The third-order valence-corrected chi connectivity index (χ3v) is 6.38. The Kier molecular flexibility index (Phi) is 5.65. The molecule has 2 aromatic carbocycles. The molecule has 0 aromatic heterocycles. The van der Waals surface area contributed by atoms with Crippen LogP contribution in [-0.2, 0) is 16.6 Å². The Morgan fingerprint density at radius 1 is 0.923 bits per heavy atom. The summed E-state index contributed by atoms with van der Waals surface area (Å²) in [5.74, 6) is 0. The monoisotopic (exact) mass is 373 g/mol. The molecule has 1 N–H and O–H groups in total. The Balaban J connectivity index is 1.65. The van der Waals surface area contributed by atoms with Crippen molar-refractivity contribution in [2.45, 2.75) is 25.3 Å². The first kappa shape index (κ1) is 18.9. The van der Waals surface area contributed by atoms with Gasteiger partial charge in [-0.05, 0) is 61.9 Å². The molecular weight excluding hydrogens is 346 g/mol. The highest BCUT2D eigenvalue weighted by Gasteiger charge is 2.16. The quantitative estimate of drug-likeness (QED) is 0.876. The van der Waals surface area contributed by atoms with Crippen LogP contribution >= 0.6 is 0 Å².